The van der Waals surface area contributed by atoms with Gasteiger partial charge in [-0.05, 0) is 48.4 Å². The Morgan fingerprint density at radius 3 is 2.30 bits per heavy atom. The van der Waals surface area contributed by atoms with E-state index in [1.165, 1.54) is 17.2 Å². The van der Waals surface area contributed by atoms with Gasteiger partial charge in [0.25, 0.3) is 0 Å². The van der Waals surface area contributed by atoms with Crippen LogP contribution in [-0.2, 0) is 12.8 Å². The van der Waals surface area contributed by atoms with Crippen LogP contribution in [0.5, 0.6) is 0 Å². The number of rotatable bonds is 5. The third-order valence-corrected chi connectivity index (χ3v) is 3.96. The molecule has 0 saturated carbocycles. The van der Waals surface area contributed by atoms with E-state index in [0.29, 0.717) is 17.9 Å². The Labute approximate surface area is 123 Å². The minimum absolute atomic E-state index is 0.0917. The molecule has 0 N–H and O–H groups in total. The van der Waals surface area contributed by atoms with E-state index in [2.05, 4.69) is 6.07 Å². The van der Waals surface area contributed by atoms with E-state index in [1.54, 1.807) is 6.07 Å². The van der Waals surface area contributed by atoms with Crippen LogP contribution in [0.1, 0.15) is 16.7 Å². The monoisotopic (exact) mass is 294 g/mol. The van der Waals surface area contributed by atoms with Crippen molar-refractivity contribution >= 4 is 11.6 Å². The number of hydrogen-bond donors (Lipinski definition) is 0. The zero-order valence-corrected chi connectivity index (χ0v) is 12.1. The lowest BCUT2D eigenvalue weighted by Gasteiger charge is -2.16. The molecule has 106 valence electrons. The molecule has 0 bridgehead atoms. The molecule has 0 heterocycles. The van der Waals surface area contributed by atoms with Crippen LogP contribution in [0.2, 0.25) is 0 Å². The molecule has 3 heteroatoms. The van der Waals surface area contributed by atoms with Gasteiger partial charge in [0.15, 0.2) is 11.6 Å². The second kappa shape index (κ2) is 6.85. The minimum atomic E-state index is -0.799. The maximum absolute atomic E-state index is 13.7. The molecule has 0 aliphatic carbocycles. The van der Waals surface area contributed by atoms with Crippen molar-refractivity contribution < 1.29 is 8.78 Å². The molecule has 2 aromatic carbocycles. The molecule has 0 spiro atoms. The van der Waals surface area contributed by atoms with Gasteiger partial charge in [0.05, 0.1) is 0 Å². The molecule has 0 aliphatic rings. The largest absolute Gasteiger partial charge is 0.204 e. The van der Waals surface area contributed by atoms with Gasteiger partial charge in [0.2, 0.25) is 0 Å². The lowest BCUT2D eigenvalue weighted by atomic mass is 9.92. The van der Waals surface area contributed by atoms with Gasteiger partial charge in [-0.1, -0.05) is 36.4 Å². The zero-order chi connectivity index (χ0) is 14.5. The van der Waals surface area contributed by atoms with Gasteiger partial charge in [-0.25, -0.2) is 8.78 Å². The number of benzene rings is 2. The molecule has 2 aromatic rings. The normalized spacial score (nSPS) is 12.4. The lowest BCUT2D eigenvalue weighted by Crippen LogP contribution is -2.12. The third-order valence-electron chi connectivity index (χ3n) is 3.53. The molecule has 2 rings (SSSR count). The van der Waals surface area contributed by atoms with Crippen LogP contribution in [0, 0.1) is 24.5 Å². The summed E-state index contributed by atoms with van der Waals surface area (Å²) in [6, 6.07) is 12.4. The number of halogens is 3. The maximum atomic E-state index is 13.7. The fraction of sp³-hybridized carbons (Fsp3) is 0.294. The topological polar surface area (TPSA) is 0 Å². The molecule has 0 nitrogen and oxygen atoms in total. The van der Waals surface area contributed by atoms with E-state index >= 15 is 0 Å². The van der Waals surface area contributed by atoms with E-state index in [0.717, 1.165) is 12.5 Å². The zero-order valence-electron chi connectivity index (χ0n) is 11.4. The maximum Gasteiger partial charge on any atom is 0.162 e. The molecule has 0 radical (unpaired) electrons. The van der Waals surface area contributed by atoms with Crippen molar-refractivity contribution in [3.63, 3.8) is 0 Å². The Balaban J connectivity index is 2.14. The summed E-state index contributed by atoms with van der Waals surface area (Å²) in [5.74, 6) is -1.04. The van der Waals surface area contributed by atoms with Gasteiger partial charge in [-0.2, -0.15) is 0 Å². The Morgan fingerprint density at radius 1 is 0.950 bits per heavy atom. The van der Waals surface area contributed by atoms with Crippen molar-refractivity contribution in [3.05, 3.63) is 70.8 Å². The summed E-state index contributed by atoms with van der Waals surface area (Å²) in [7, 11) is 0. The van der Waals surface area contributed by atoms with Crippen molar-refractivity contribution in [1.29, 1.82) is 0 Å². The van der Waals surface area contributed by atoms with E-state index in [9.17, 15) is 8.78 Å². The number of aryl methyl sites for hydroxylation is 1. The van der Waals surface area contributed by atoms with Crippen molar-refractivity contribution in [3.8, 4) is 0 Å². The van der Waals surface area contributed by atoms with Crippen LogP contribution in [0.3, 0.4) is 0 Å². The Hall–Kier alpha value is -1.41. The predicted octanol–water partition coefficient (Wildman–Crippen LogP) is 4.91. The van der Waals surface area contributed by atoms with Gasteiger partial charge in [-0.15, -0.1) is 11.6 Å². The number of hydrogen-bond acceptors (Lipinski definition) is 0. The first-order chi connectivity index (χ1) is 9.61. The predicted molar refractivity (Wildman–Crippen MR) is 79.2 cm³/mol. The molecule has 1 atom stereocenters. The summed E-state index contributed by atoms with van der Waals surface area (Å²) in [5.41, 5.74) is 2.79. The first kappa shape index (κ1) is 15.0. The lowest BCUT2D eigenvalue weighted by molar-refractivity contribution is 0.483. The van der Waals surface area contributed by atoms with Crippen LogP contribution in [0.15, 0.2) is 42.5 Å². The molecule has 0 saturated heterocycles. The highest BCUT2D eigenvalue weighted by Gasteiger charge is 2.15. The highest BCUT2D eigenvalue weighted by molar-refractivity contribution is 6.18. The van der Waals surface area contributed by atoms with E-state index in [-0.39, 0.29) is 5.92 Å². The van der Waals surface area contributed by atoms with Crippen molar-refractivity contribution in [2.24, 2.45) is 5.92 Å². The molecule has 0 amide bonds. The third kappa shape index (κ3) is 3.57. The first-order valence-electron chi connectivity index (χ1n) is 6.65. The summed E-state index contributed by atoms with van der Waals surface area (Å²) in [6.45, 7) is 2.05. The summed E-state index contributed by atoms with van der Waals surface area (Å²) in [6.07, 6.45) is 1.22. The van der Waals surface area contributed by atoms with Crippen molar-refractivity contribution in [1.82, 2.24) is 0 Å². The second-order valence-electron chi connectivity index (χ2n) is 5.07. The standard InChI is InChI=1S/C17H17ClF2/c1-12-5-2-3-6-14(12)9-13(11-18)10-15-7-4-8-16(19)17(15)20/h2-8,13H,9-11H2,1H3. The van der Waals surface area contributed by atoms with Crippen molar-refractivity contribution in [2.45, 2.75) is 19.8 Å². The Bertz CT molecular complexity index is 581. The highest BCUT2D eigenvalue weighted by atomic mass is 35.5. The quantitative estimate of drug-likeness (QED) is 0.687. The summed E-state index contributed by atoms with van der Waals surface area (Å²) in [4.78, 5) is 0. The number of alkyl halides is 1. The molecular weight excluding hydrogens is 278 g/mol. The minimum Gasteiger partial charge on any atom is -0.204 e. The second-order valence-corrected chi connectivity index (χ2v) is 5.38. The van der Waals surface area contributed by atoms with Crippen LogP contribution in [0.4, 0.5) is 8.78 Å². The molecule has 0 fully saturated rings. The van der Waals surface area contributed by atoms with E-state index < -0.39 is 11.6 Å². The summed E-state index contributed by atoms with van der Waals surface area (Å²) >= 11 is 6.00. The average molecular weight is 295 g/mol. The fourth-order valence-electron chi connectivity index (χ4n) is 2.35. The fourth-order valence-corrected chi connectivity index (χ4v) is 2.57. The van der Waals surface area contributed by atoms with Crippen LogP contribution >= 0.6 is 11.6 Å². The van der Waals surface area contributed by atoms with Gasteiger partial charge in [0, 0.05) is 5.88 Å². The van der Waals surface area contributed by atoms with Crippen LogP contribution in [0.25, 0.3) is 0 Å². The van der Waals surface area contributed by atoms with Gasteiger partial charge in [0.1, 0.15) is 0 Å². The Kier molecular flexibility index (Phi) is 5.13. The van der Waals surface area contributed by atoms with Gasteiger partial charge < -0.3 is 0 Å². The SMILES string of the molecule is Cc1ccccc1CC(CCl)Cc1cccc(F)c1F. The molecule has 1 unspecified atom stereocenters. The van der Waals surface area contributed by atoms with Crippen LogP contribution < -0.4 is 0 Å². The highest BCUT2D eigenvalue weighted by Crippen LogP contribution is 2.21. The average Bonchev–Trinajstić information content (AvgIpc) is 2.45. The summed E-state index contributed by atoms with van der Waals surface area (Å²) < 4.78 is 26.9. The van der Waals surface area contributed by atoms with E-state index in [4.69, 9.17) is 11.6 Å². The molecule has 20 heavy (non-hydrogen) atoms. The molecule has 0 aliphatic heterocycles. The smallest absolute Gasteiger partial charge is 0.162 e. The van der Waals surface area contributed by atoms with Gasteiger partial charge >= 0.3 is 0 Å². The first-order valence-corrected chi connectivity index (χ1v) is 7.18. The van der Waals surface area contributed by atoms with Crippen LogP contribution in [-0.4, -0.2) is 5.88 Å². The van der Waals surface area contributed by atoms with E-state index in [1.807, 2.05) is 25.1 Å². The Morgan fingerprint density at radius 2 is 1.60 bits per heavy atom. The molecule has 0 aromatic heterocycles. The van der Waals surface area contributed by atoms with Gasteiger partial charge in [-0.3, -0.25) is 0 Å². The van der Waals surface area contributed by atoms with Crippen molar-refractivity contribution in [2.75, 3.05) is 5.88 Å². The molecular formula is C17H17ClF2. The summed E-state index contributed by atoms with van der Waals surface area (Å²) in [5, 5.41) is 0.